The molecule has 8 heteroatoms. The third-order valence-electron chi connectivity index (χ3n) is 5.89. The highest BCUT2D eigenvalue weighted by Gasteiger charge is 2.26. The van der Waals surface area contributed by atoms with Gasteiger partial charge in [0.2, 0.25) is 5.91 Å². The Bertz CT molecular complexity index is 866. The van der Waals surface area contributed by atoms with E-state index in [4.69, 9.17) is 11.6 Å². The fourth-order valence-electron chi connectivity index (χ4n) is 3.90. The molecular formula is C23H33ClN6O. The van der Waals surface area contributed by atoms with Crippen LogP contribution in [0, 0.1) is 5.92 Å². The van der Waals surface area contributed by atoms with Gasteiger partial charge in [-0.3, -0.25) is 9.79 Å². The number of halogens is 1. The monoisotopic (exact) mass is 444 g/mol. The Hall–Kier alpha value is -2.54. The van der Waals surface area contributed by atoms with Crippen LogP contribution >= 0.6 is 11.6 Å². The highest BCUT2D eigenvalue weighted by molar-refractivity contribution is 6.30. The Morgan fingerprint density at radius 3 is 2.52 bits per heavy atom. The summed E-state index contributed by atoms with van der Waals surface area (Å²) in [6.07, 6.45) is 7.53. The van der Waals surface area contributed by atoms with Crippen LogP contribution in [0.1, 0.15) is 45.1 Å². The molecule has 1 saturated heterocycles. The Balaban J connectivity index is 1.46. The van der Waals surface area contributed by atoms with Gasteiger partial charge >= 0.3 is 0 Å². The SMILES string of the molecule is CCC(CC)C(=O)N1CCC(NC(=NC)NCc2cnn(-c3ccc(Cl)cc3)c2)CC1. The number of aliphatic imine (C=N–C) groups is 1. The fraction of sp³-hybridized carbons (Fsp3) is 0.522. The first-order valence-electron chi connectivity index (χ1n) is 11.1. The molecule has 7 nitrogen and oxygen atoms in total. The molecule has 1 aliphatic rings. The van der Waals surface area contributed by atoms with Crippen molar-refractivity contribution in [3.63, 3.8) is 0 Å². The second-order valence-corrected chi connectivity index (χ2v) is 8.39. The predicted molar refractivity (Wildman–Crippen MR) is 126 cm³/mol. The number of likely N-dealkylation sites (tertiary alicyclic amines) is 1. The number of hydrogen-bond donors (Lipinski definition) is 2. The molecule has 2 aromatic rings. The number of carbonyl (C=O) groups is 1. The van der Waals surface area contributed by atoms with Crippen molar-refractivity contribution >= 4 is 23.5 Å². The van der Waals surface area contributed by atoms with Gasteiger partial charge in [-0.2, -0.15) is 5.10 Å². The van der Waals surface area contributed by atoms with Crippen molar-refractivity contribution in [1.29, 1.82) is 0 Å². The molecule has 0 atom stereocenters. The second-order valence-electron chi connectivity index (χ2n) is 7.95. The average Bonchev–Trinajstić information content (AvgIpc) is 3.27. The standard InChI is InChI=1S/C23H33ClN6O/c1-4-18(5-2)22(31)29-12-10-20(11-13-29)28-23(25-3)26-14-17-15-27-30(16-17)21-8-6-19(24)7-9-21/h6-9,15-16,18,20H,4-5,10-14H2,1-3H3,(H2,25,26,28). The fourth-order valence-corrected chi connectivity index (χ4v) is 4.03. The molecular weight excluding hydrogens is 412 g/mol. The molecule has 0 saturated carbocycles. The smallest absolute Gasteiger partial charge is 0.225 e. The first-order valence-corrected chi connectivity index (χ1v) is 11.5. The minimum Gasteiger partial charge on any atom is -0.354 e. The van der Waals surface area contributed by atoms with E-state index in [1.165, 1.54) is 0 Å². The van der Waals surface area contributed by atoms with E-state index in [9.17, 15) is 4.79 Å². The first-order chi connectivity index (χ1) is 15.0. The van der Waals surface area contributed by atoms with Crippen molar-refractivity contribution in [3.8, 4) is 5.69 Å². The lowest BCUT2D eigenvalue weighted by Gasteiger charge is -2.34. The third kappa shape index (κ3) is 6.23. The van der Waals surface area contributed by atoms with Crippen LogP contribution in [0.15, 0.2) is 41.7 Å². The lowest BCUT2D eigenvalue weighted by Crippen LogP contribution is -2.50. The summed E-state index contributed by atoms with van der Waals surface area (Å²) in [6, 6.07) is 7.90. The number of carbonyl (C=O) groups excluding carboxylic acids is 1. The van der Waals surface area contributed by atoms with Gasteiger partial charge in [0.25, 0.3) is 0 Å². The van der Waals surface area contributed by atoms with Crippen molar-refractivity contribution in [3.05, 3.63) is 47.2 Å². The summed E-state index contributed by atoms with van der Waals surface area (Å²) in [5.41, 5.74) is 2.02. The molecule has 1 fully saturated rings. The van der Waals surface area contributed by atoms with Crippen LogP contribution in [0.25, 0.3) is 5.69 Å². The van der Waals surface area contributed by atoms with Gasteiger partial charge in [-0.1, -0.05) is 25.4 Å². The highest BCUT2D eigenvalue weighted by Crippen LogP contribution is 2.17. The lowest BCUT2D eigenvalue weighted by atomic mass is 9.98. The molecule has 1 aromatic carbocycles. The largest absolute Gasteiger partial charge is 0.354 e. The highest BCUT2D eigenvalue weighted by atomic mass is 35.5. The number of nitrogens with one attached hydrogen (secondary N) is 2. The maximum atomic E-state index is 12.6. The van der Waals surface area contributed by atoms with Gasteiger partial charge in [0.05, 0.1) is 11.9 Å². The summed E-state index contributed by atoms with van der Waals surface area (Å²) in [6.45, 7) is 6.42. The van der Waals surface area contributed by atoms with E-state index in [2.05, 4.69) is 34.6 Å². The van der Waals surface area contributed by atoms with E-state index in [0.29, 0.717) is 23.5 Å². The topological polar surface area (TPSA) is 74.6 Å². The summed E-state index contributed by atoms with van der Waals surface area (Å²) < 4.78 is 1.83. The number of piperidine rings is 1. The third-order valence-corrected chi connectivity index (χ3v) is 6.15. The van der Waals surface area contributed by atoms with Crippen LogP contribution in [-0.4, -0.2) is 52.7 Å². The van der Waals surface area contributed by atoms with Crippen molar-refractivity contribution in [2.45, 2.75) is 52.1 Å². The van der Waals surface area contributed by atoms with Gasteiger partial charge in [-0.15, -0.1) is 0 Å². The van der Waals surface area contributed by atoms with Crippen LogP contribution in [-0.2, 0) is 11.3 Å². The molecule has 0 bridgehead atoms. The van der Waals surface area contributed by atoms with E-state index in [0.717, 1.165) is 56.0 Å². The Morgan fingerprint density at radius 2 is 1.90 bits per heavy atom. The summed E-state index contributed by atoms with van der Waals surface area (Å²) >= 11 is 5.96. The van der Waals surface area contributed by atoms with Gasteiger partial charge in [-0.05, 0) is 49.9 Å². The van der Waals surface area contributed by atoms with Crippen LogP contribution in [0.2, 0.25) is 5.02 Å². The number of rotatable bonds is 7. The quantitative estimate of drug-likeness (QED) is 0.505. The molecule has 3 rings (SSSR count). The number of nitrogens with zero attached hydrogens (tertiary/aromatic N) is 4. The molecule has 1 amide bonds. The van der Waals surface area contributed by atoms with Gasteiger partial charge < -0.3 is 15.5 Å². The number of guanidine groups is 1. The van der Waals surface area contributed by atoms with E-state index < -0.39 is 0 Å². The van der Waals surface area contributed by atoms with Crippen molar-refractivity contribution < 1.29 is 4.79 Å². The van der Waals surface area contributed by atoms with Crippen LogP contribution in [0.4, 0.5) is 0 Å². The summed E-state index contributed by atoms with van der Waals surface area (Å²) in [5, 5.41) is 12.0. The molecule has 0 aliphatic carbocycles. The maximum absolute atomic E-state index is 12.6. The molecule has 2 N–H and O–H groups in total. The number of hydrogen-bond acceptors (Lipinski definition) is 3. The Labute approximate surface area is 189 Å². The van der Waals surface area contributed by atoms with Crippen LogP contribution < -0.4 is 10.6 Å². The van der Waals surface area contributed by atoms with E-state index >= 15 is 0 Å². The molecule has 2 heterocycles. The van der Waals surface area contributed by atoms with Gasteiger partial charge in [0.15, 0.2) is 5.96 Å². The summed E-state index contributed by atoms with van der Waals surface area (Å²) in [7, 11) is 1.78. The predicted octanol–water partition coefficient (Wildman–Crippen LogP) is 3.62. The van der Waals surface area contributed by atoms with Crippen molar-refractivity contribution in [1.82, 2.24) is 25.3 Å². The molecule has 0 unspecified atom stereocenters. The maximum Gasteiger partial charge on any atom is 0.225 e. The van der Waals surface area contributed by atoms with E-state index in [1.807, 2.05) is 46.2 Å². The van der Waals surface area contributed by atoms with E-state index in [-0.39, 0.29) is 5.92 Å². The lowest BCUT2D eigenvalue weighted by molar-refractivity contribution is -0.136. The number of benzene rings is 1. The number of aromatic nitrogens is 2. The summed E-state index contributed by atoms with van der Waals surface area (Å²) in [5.74, 6) is 1.24. The van der Waals surface area contributed by atoms with Crippen molar-refractivity contribution in [2.24, 2.45) is 10.9 Å². The molecule has 1 aliphatic heterocycles. The molecule has 31 heavy (non-hydrogen) atoms. The molecule has 0 radical (unpaired) electrons. The van der Waals surface area contributed by atoms with E-state index in [1.54, 1.807) is 7.05 Å². The minimum absolute atomic E-state index is 0.160. The zero-order valence-electron chi connectivity index (χ0n) is 18.6. The minimum atomic E-state index is 0.160. The summed E-state index contributed by atoms with van der Waals surface area (Å²) in [4.78, 5) is 19.0. The molecule has 1 aromatic heterocycles. The van der Waals surface area contributed by atoms with Gasteiger partial charge in [0.1, 0.15) is 0 Å². The average molecular weight is 445 g/mol. The van der Waals surface area contributed by atoms with Crippen LogP contribution in [0.3, 0.4) is 0 Å². The van der Waals surface area contributed by atoms with Crippen molar-refractivity contribution in [2.75, 3.05) is 20.1 Å². The van der Waals surface area contributed by atoms with Gasteiger partial charge in [-0.25, -0.2) is 4.68 Å². The Kier molecular flexibility index (Phi) is 8.35. The number of amides is 1. The normalized spacial score (nSPS) is 15.4. The zero-order valence-corrected chi connectivity index (χ0v) is 19.4. The van der Waals surface area contributed by atoms with Crippen LogP contribution in [0.5, 0.6) is 0 Å². The Morgan fingerprint density at radius 1 is 1.23 bits per heavy atom. The zero-order chi connectivity index (χ0) is 22.2. The first kappa shape index (κ1) is 23.1. The van der Waals surface area contributed by atoms with Gasteiger partial charge in [0, 0.05) is 55.4 Å². The molecule has 168 valence electrons. The second kappa shape index (κ2) is 11.2. The molecule has 0 spiro atoms.